The summed E-state index contributed by atoms with van der Waals surface area (Å²) in [5.41, 5.74) is 0.286. The second kappa shape index (κ2) is 6.53. The van der Waals surface area contributed by atoms with E-state index in [0.717, 1.165) is 18.6 Å². The Hall–Kier alpha value is -0.160. The molecule has 21 heavy (non-hydrogen) atoms. The van der Waals surface area contributed by atoms with Gasteiger partial charge in [0, 0.05) is 50.3 Å². The van der Waals surface area contributed by atoms with Gasteiger partial charge in [0.1, 0.15) is 0 Å². The highest BCUT2D eigenvalue weighted by Gasteiger charge is 2.33. The summed E-state index contributed by atoms with van der Waals surface area (Å²) in [6.07, 6.45) is 5.57. The molecule has 0 bridgehead atoms. The van der Waals surface area contributed by atoms with Crippen molar-refractivity contribution in [2.45, 2.75) is 57.2 Å². The predicted octanol–water partition coefficient (Wildman–Crippen LogP) is 1.23. The second-order valence-electron chi connectivity index (χ2n) is 8.04. The van der Waals surface area contributed by atoms with Crippen molar-refractivity contribution in [3.8, 4) is 0 Å². The van der Waals surface area contributed by atoms with Crippen LogP contribution in [-0.2, 0) is 0 Å². The largest absolute Gasteiger partial charge is 0.312 e. The number of hydrogen-bond donors (Lipinski definition) is 1. The first-order valence-corrected chi connectivity index (χ1v) is 8.96. The van der Waals surface area contributed by atoms with Crippen molar-refractivity contribution in [1.29, 1.82) is 0 Å². The lowest BCUT2D eigenvalue weighted by atomic mass is 9.95. The number of fused-ring (bicyclic) bond motifs is 1. The monoisotopic (exact) mass is 294 g/mol. The van der Waals surface area contributed by atoms with Crippen LogP contribution in [0.25, 0.3) is 0 Å². The third-order valence-corrected chi connectivity index (χ3v) is 6.00. The first-order valence-electron chi connectivity index (χ1n) is 8.96. The van der Waals surface area contributed by atoms with Crippen LogP contribution in [0.1, 0.15) is 39.5 Å². The molecular formula is C17H34N4. The molecule has 0 aromatic carbocycles. The molecule has 1 N–H and O–H groups in total. The molecule has 2 unspecified atom stereocenters. The van der Waals surface area contributed by atoms with Crippen molar-refractivity contribution in [3.05, 3.63) is 0 Å². The molecule has 3 fully saturated rings. The molecule has 4 nitrogen and oxygen atoms in total. The Morgan fingerprint density at radius 2 is 1.76 bits per heavy atom. The van der Waals surface area contributed by atoms with E-state index in [2.05, 4.69) is 40.9 Å². The third kappa shape index (κ3) is 3.79. The van der Waals surface area contributed by atoms with Crippen molar-refractivity contribution >= 4 is 0 Å². The Kier molecular flexibility index (Phi) is 4.89. The summed E-state index contributed by atoms with van der Waals surface area (Å²) in [6, 6.07) is 1.62. The summed E-state index contributed by atoms with van der Waals surface area (Å²) in [4.78, 5) is 7.82. The first-order chi connectivity index (χ1) is 10.0. The van der Waals surface area contributed by atoms with Gasteiger partial charge in [-0.25, -0.2) is 0 Å². The average Bonchev–Trinajstić information content (AvgIpc) is 2.93. The van der Waals surface area contributed by atoms with Crippen molar-refractivity contribution in [2.75, 3.05) is 52.9 Å². The fourth-order valence-electron chi connectivity index (χ4n) is 4.33. The van der Waals surface area contributed by atoms with Crippen LogP contribution < -0.4 is 5.32 Å². The zero-order chi connectivity index (χ0) is 14.9. The topological polar surface area (TPSA) is 21.8 Å². The van der Waals surface area contributed by atoms with Crippen molar-refractivity contribution in [1.82, 2.24) is 20.0 Å². The molecule has 0 radical (unpaired) electrons. The van der Waals surface area contributed by atoms with Crippen molar-refractivity contribution in [3.63, 3.8) is 0 Å². The molecule has 122 valence electrons. The Morgan fingerprint density at radius 1 is 1.00 bits per heavy atom. The normalized spacial score (nSPS) is 33.3. The van der Waals surface area contributed by atoms with Gasteiger partial charge in [-0.15, -0.1) is 0 Å². The molecule has 3 rings (SSSR count). The maximum Gasteiger partial charge on any atom is 0.0278 e. The van der Waals surface area contributed by atoms with E-state index in [1.165, 1.54) is 65.0 Å². The lowest BCUT2D eigenvalue weighted by molar-refractivity contribution is 0.0567. The lowest BCUT2D eigenvalue weighted by Crippen LogP contribution is -2.59. The Bertz CT molecular complexity index is 336. The minimum absolute atomic E-state index is 0.286. The predicted molar refractivity (Wildman–Crippen MR) is 88.8 cm³/mol. The minimum atomic E-state index is 0.286. The van der Waals surface area contributed by atoms with Crippen LogP contribution in [0.15, 0.2) is 0 Å². The van der Waals surface area contributed by atoms with E-state index in [1.54, 1.807) is 0 Å². The molecule has 0 aromatic rings. The van der Waals surface area contributed by atoms with Gasteiger partial charge >= 0.3 is 0 Å². The van der Waals surface area contributed by atoms with E-state index in [0.29, 0.717) is 0 Å². The summed E-state index contributed by atoms with van der Waals surface area (Å²) in [7, 11) is 2.23. The summed E-state index contributed by atoms with van der Waals surface area (Å²) in [6.45, 7) is 13.5. The maximum absolute atomic E-state index is 3.90. The van der Waals surface area contributed by atoms with E-state index >= 15 is 0 Å². The molecule has 0 saturated carbocycles. The average molecular weight is 294 g/mol. The summed E-state index contributed by atoms with van der Waals surface area (Å²) in [5.74, 6) is 0. The number of nitrogens with one attached hydrogen (secondary N) is 1. The van der Waals surface area contributed by atoms with Gasteiger partial charge in [-0.3, -0.25) is 4.90 Å². The number of piperazine rings is 1. The Balaban J connectivity index is 1.45. The maximum atomic E-state index is 3.90. The zero-order valence-corrected chi connectivity index (χ0v) is 14.3. The van der Waals surface area contributed by atoms with Crippen LogP contribution in [0, 0.1) is 0 Å². The number of hydrogen-bond acceptors (Lipinski definition) is 4. The first kappa shape index (κ1) is 15.7. The molecule has 0 amide bonds. The van der Waals surface area contributed by atoms with E-state index in [4.69, 9.17) is 0 Å². The molecule has 0 spiro atoms. The molecule has 0 aromatic heterocycles. The second-order valence-corrected chi connectivity index (χ2v) is 8.04. The molecular weight excluding hydrogens is 260 g/mol. The van der Waals surface area contributed by atoms with E-state index in [9.17, 15) is 0 Å². The van der Waals surface area contributed by atoms with Crippen LogP contribution in [0.5, 0.6) is 0 Å². The fourth-order valence-corrected chi connectivity index (χ4v) is 4.33. The van der Waals surface area contributed by atoms with Gasteiger partial charge in [0.25, 0.3) is 0 Å². The van der Waals surface area contributed by atoms with Gasteiger partial charge in [0.15, 0.2) is 0 Å². The van der Waals surface area contributed by atoms with Gasteiger partial charge in [0.2, 0.25) is 0 Å². The zero-order valence-electron chi connectivity index (χ0n) is 14.3. The standard InChI is InChI=1S/C17H34N4/c1-17(2,21-11-9-19(3)10-12-21)14-18-15-6-8-20-7-4-5-16(20)13-15/h15-16,18H,4-14H2,1-3H3. The number of piperidine rings is 1. The molecule has 0 aliphatic carbocycles. The third-order valence-electron chi connectivity index (χ3n) is 6.00. The number of rotatable bonds is 4. The van der Waals surface area contributed by atoms with Crippen LogP contribution in [-0.4, -0.2) is 85.2 Å². The van der Waals surface area contributed by atoms with E-state index < -0.39 is 0 Å². The van der Waals surface area contributed by atoms with Crippen LogP contribution >= 0.6 is 0 Å². The molecule has 3 aliphatic rings. The fraction of sp³-hybridized carbons (Fsp3) is 1.00. The number of likely N-dealkylation sites (N-methyl/N-ethyl adjacent to an activating group) is 1. The summed E-state index contributed by atoms with van der Waals surface area (Å²) < 4.78 is 0. The molecule has 4 heteroatoms. The SMILES string of the molecule is CN1CCN(C(C)(C)CNC2CCN3CCCC3C2)CC1. The van der Waals surface area contributed by atoms with Gasteiger partial charge < -0.3 is 15.1 Å². The Labute approximate surface area is 130 Å². The van der Waals surface area contributed by atoms with E-state index in [-0.39, 0.29) is 5.54 Å². The molecule has 3 heterocycles. The highest BCUT2D eigenvalue weighted by molar-refractivity contribution is 4.92. The van der Waals surface area contributed by atoms with Crippen LogP contribution in [0.2, 0.25) is 0 Å². The Morgan fingerprint density at radius 3 is 2.52 bits per heavy atom. The number of nitrogens with zero attached hydrogens (tertiary/aromatic N) is 3. The van der Waals surface area contributed by atoms with Gasteiger partial charge in [-0.2, -0.15) is 0 Å². The van der Waals surface area contributed by atoms with Gasteiger partial charge in [-0.05, 0) is 59.7 Å². The lowest BCUT2D eigenvalue weighted by Gasteiger charge is -2.44. The molecule has 3 saturated heterocycles. The minimum Gasteiger partial charge on any atom is -0.312 e. The highest BCUT2D eigenvalue weighted by atomic mass is 15.3. The quantitative estimate of drug-likeness (QED) is 0.842. The van der Waals surface area contributed by atoms with Crippen LogP contribution in [0.3, 0.4) is 0 Å². The van der Waals surface area contributed by atoms with Gasteiger partial charge in [-0.1, -0.05) is 0 Å². The van der Waals surface area contributed by atoms with Gasteiger partial charge in [0.05, 0.1) is 0 Å². The van der Waals surface area contributed by atoms with Crippen molar-refractivity contribution in [2.24, 2.45) is 0 Å². The van der Waals surface area contributed by atoms with Crippen LogP contribution in [0.4, 0.5) is 0 Å². The summed E-state index contributed by atoms with van der Waals surface area (Å²) >= 11 is 0. The van der Waals surface area contributed by atoms with Crippen molar-refractivity contribution < 1.29 is 0 Å². The van der Waals surface area contributed by atoms with E-state index in [1.807, 2.05) is 0 Å². The molecule has 2 atom stereocenters. The highest BCUT2D eigenvalue weighted by Crippen LogP contribution is 2.27. The summed E-state index contributed by atoms with van der Waals surface area (Å²) in [5, 5.41) is 3.90. The smallest absolute Gasteiger partial charge is 0.0278 e. The molecule has 3 aliphatic heterocycles.